The molecular formula is C14H21N3OS. The Hall–Kier alpha value is -0.940. The molecule has 2 aliphatic rings. The van der Waals surface area contributed by atoms with Crippen molar-refractivity contribution in [1.82, 2.24) is 10.3 Å². The van der Waals surface area contributed by atoms with E-state index >= 15 is 0 Å². The molecule has 1 saturated carbocycles. The second-order valence-electron chi connectivity index (χ2n) is 5.72. The number of aryl methyl sites for hydroxylation is 1. The smallest absolute Gasteiger partial charge is 0.232 e. The Bertz CT molecular complexity index is 479. The Morgan fingerprint density at radius 3 is 2.89 bits per heavy atom. The van der Waals surface area contributed by atoms with Gasteiger partial charge in [-0.1, -0.05) is 0 Å². The van der Waals surface area contributed by atoms with Gasteiger partial charge in [0.2, 0.25) is 5.91 Å². The fourth-order valence-electron chi connectivity index (χ4n) is 3.21. The third-order valence-electron chi connectivity index (χ3n) is 4.51. The minimum Gasteiger partial charge on any atom is -0.317 e. The van der Waals surface area contributed by atoms with Crippen LogP contribution in [-0.2, 0) is 4.79 Å². The zero-order valence-corrected chi connectivity index (χ0v) is 12.4. The van der Waals surface area contributed by atoms with Gasteiger partial charge in [-0.3, -0.25) is 9.69 Å². The average Bonchev–Trinajstić information content (AvgIpc) is 2.92. The monoisotopic (exact) mass is 279 g/mol. The second-order valence-corrected chi connectivity index (χ2v) is 6.56. The standard InChI is InChI=1S/C14H21N3OS/c1-3-17(13-16-10(2)9-19-13)12(18)11-8-14(11)4-6-15-7-5-14/h9,11,15H,3-8H2,1-2H3. The highest BCUT2D eigenvalue weighted by Crippen LogP contribution is 2.59. The van der Waals surface area contributed by atoms with Crippen LogP contribution in [-0.4, -0.2) is 30.5 Å². The van der Waals surface area contributed by atoms with E-state index in [1.54, 1.807) is 11.3 Å². The number of carbonyl (C=O) groups is 1. The molecule has 1 N–H and O–H groups in total. The number of anilines is 1. The van der Waals surface area contributed by atoms with Crippen LogP contribution in [0.4, 0.5) is 5.13 Å². The number of rotatable bonds is 3. The normalized spacial score (nSPS) is 24.4. The molecule has 5 heteroatoms. The predicted octanol–water partition coefficient (Wildman–Crippen LogP) is 2.19. The largest absolute Gasteiger partial charge is 0.317 e. The Kier molecular flexibility index (Phi) is 3.35. The van der Waals surface area contributed by atoms with E-state index in [1.165, 1.54) is 0 Å². The summed E-state index contributed by atoms with van der Waals surface area (Å²) in [5.74, 6) is 0.525. The van der Waals surface area contributed by atoms with Crippen LogP contribution in [0.15, 0.2) is 5.38 Å². The van der Waals surface area contributed by atoms with Crippen LogP contribution in [0.2, 0.25) is 0 Å². The molecule has 0 bridgehead atoms. The number of hydrogen-bond acceptors (Lipinski definition) is 4. The lowest BCUT2D eigenvalue weighted by molar-refractivity contribution is -0.120. The molecule has 4 nitrogen and oxygen atoms in total. The van der Waals surface area contributed by atoms with E-state index in [2.05, 4.69) is 10.3 Å². The van der Waals surface area contributed by atoms with Crippen molar-refractivity contribution in [2.75, 3.05) is 24.5 Å². The van der Waals surface area contributed by atoms with Crippen LogP contribution in [0, 0.1) is 18.3 Å². The Morgan fingerprint density at radius 2 is 2.32 bits per heavy atom. The van der Waals surface area contributed by atoms with Crippen LogP contribution in [0.3, 0.4) is 0 Å². The topological polar surface area (TPSA) is 45.2 Å². The molecule has 19 heavy (non-hydrogen) atoms. The SMILES string of the molecule is CCN(C(=O)C1CC12CCNCC2)c1nc(C)cs1. The molecule has 1 aliphatic carbocycles. The van der Waals surface area contributed by atoms with E-state index in [0.29, 0.717) is 11.3 Å². The van der Waals surface area contributed by atoms with Crippen molar-refractivity contribution < 1.29 is 4.79 Å². The Labute approximate surface area is 118 Å². The first kappa shape index (κ1) is 13.1. The summed E-state index contributed by atoms with van der Waals surface area (Å²) in [5.41, 5.74) is 1.31. The molecule has 1 aromatic heterocycles. The third-order valence-corrected chi connectivity index (χ3v) is 5.49. The van der Waals surface area contributed by atoms with Gasteiger partial charge >= 0.3 is 0 Å². The highest BCUT2D eigenvalue weighted by Gasteiger charge is 2.58. The van der Waals surface area contributed by atoms with Gasteiger partial charge in [-0.15, -0.1) is 11.3 Å². The first-order chi connectivity index (χ1) is 9.16. The maximum Gasteiger partial charge on any atom is 0.232 e. The van der Waals surface area contributed by atoms with Crippen molar-refractivity contribution in [3.63, 3.8) is 0 Å². The lowest BCUT2D eigenvalue weighted by Gasteiger charge is -2.25. The lowest BCUT2D eigenvalue weighted by Crippen LogP contribution is -2.36. The van der Waals surface area contributed by atoms with Crippen LogP contribution >= 0.6 is 11.3 Å². The number of hydrogen-bond donors (Lipinski definition) is 1. The molecule has 1 unspecified atom stereocenters. The quantitative estimate of drug-likeness (QED) is 0.922. The molecule has 2 heterocycles. The fraction of sp³-hybridized carbons (Fsp3) is 0.714. The summed E-state index contributed by atoms with van der Waals surface area (Å²) in [6.45, 7) is 6.85. The van der Waals surface area contributed by atoms with E-state index in [9.17, 15) is 4.79 Å². The lowest BCUT2D eigenvalue weighted by atomic mass is 9.91. The van der Waals surface area contributed by atoms with Gasteiger partial charge in [-0.25, -0.2) is 4.98 Å². The molecule has 3 rings (SSSR count). The van der Waals surface area contributed by atoms with Crippen molar-refractivity contribution in [3.05, 3.63) is 11.1 Å². The van der Waals surface area contributed by atoms with Crippen LogP contribution < -0.4 is 10.2 Å². The fourth-order valence-corrected chi connectivity index (χ4v) is 4.08. The molecular weight excluding hydrogens is 258 g/mol. The molecule has 1 saturated heterocycles. The van der Waals surface area contributed by atoms with Gasteiger partial charge in [-0.05, 0) is 51.6 Å². The third kappa shape index (κ3) is 2.30. The zero-order valence-electron chi connectivity index (χ0n) is 11.6. The highest BCUT2D eigenvalue weighted by atomic mass is 32.1. The van der Waals surface area contributed by atoms with Gasteiger partial charge in [0.15, 0.2) is 5.13 Å². The van der Waals surface area contributed by atoms with Crippen LogP contribution in [0.5, 0.6) is 0 Å². The number of nitrogens with zero attached hydrogens (tertiary/aromatic N) is 2. The molecule has 0 radical (unpaired) electrons. The van der Waals surface area contributed by atoms with Crippen molar-refractivity contribution in [1.29, 1.82) is 0 Å². The average molecular weight is 279 g/mol. The molecule has 104 valence electrons. The molecule has 1 atom stereocenters. The number of amides is 1. The number of aromatic nitrogens is 1. The summed E-state index contributed by atoms with van der Waals surface area (Å²) in [4.78, 5) is 19.0. The van der Waals surface area contributed by atoms with E-state index < -0.39 is 0 Å². The molecule has 0 aromatic carbocycles. The first-order valence-corrected chi connectivity index (χ1v) is 7.98. The van der Waals surface area contributed by atoms with Gasteiger partial charge in [-0.2, -0.15) is 0 Å². The van der Waals surface area contributed by atoms with Crippen molar-refractivity contribution in [2.45, 2.75) is 33.1 Å². The van der Waals surface area contributed by atoms with Gasteiger partial charge in [0.1, 0.15) is 0 Å². The van der Waals surface area contributed by atoms with Crippen molar-refractivity contribution in [3.8, 4) is 0 Å². The summed E-state index contributed by atoms with van der Waals surface area (Å²) < 4.78 is 0. The second kappa shape index (κ2) is 4.87. The Balaban J connectivity index is 1.73. The number of thiazole rings is 1. The number of nitrogens with one attached hydrogen (secondary N) is 1. The first-order valence-electron chi connectivity index (χ1n) is 7.10. The van der Waals surface area contributed by atoms with E-state index in [0.717, 1.165) is 49.7 Å². The summed E-state index contributed by atoms with van der Waals surface area (Å²) in [7, 11) is 0. The van der Waals surface area contributed by atoms with Gasteiger partial charge in [0.25, 0.3) is 0 Å². The van der Waals surface area contributed by atoms with E-state index in [1.807, 2.05) is 24.1 Å². The molecule has 1 aromatic rings. The highest BCUT2D eigenvalue weighted by molar-refractivity contribution is 7.14. The summed E-state index contributed by atoms with van der Waals surface area (Å²) in [6.07, 6.45) is 3.38. The van der Waals surface area contributed by atoms with E-state index in [-0.39, 0.29) is 5.92 Å². The maximum absolute atomic E-state index is 12.7. The number of piperidine rings is 1. The summed E-state index contributed by atoms with van der Waals surface area (Å²) in [5, 5.41) is 6.26. The van der Waals surface area contributed by atoms with Gasteiger partial charge < -0.3 is 5.32 Å². The molecule has 2 fully saturated rings. The van der Waals surface area contributed by atoms with Crippen LogP contribution in [0.1, 0.15) is 31.9 Å². The predicted molar refractivity (Wildman–Crippen MR) is 77.5 cm³/mol. The maximum atomic E-state index is 12.7. The molecule has 1 aliphatic heterocycles. The molecule has 1 spiro atoms. The van der Waals surface area contributed by atoms with Crippen LogP contribution in [0.25, 0.3) is 0 Å². The minimum absolute atomic E-state index is 0.235. The van der Waals surface area contributed by atoms with Crippen molar-refractivity contribution >= 4 is 22.4 Å². The summed E-state index contributed by atoms with van der Waals surface area (Å²) >= 11 is 1.57. The van der Waals surface area contributed by atoms with Crippen molar-refractivity contribution in [2.24, 2.45) is 11.3 Å². The number of carbonyl (C=O) groups excluding carboxylic acids is 1. The molecule has 1 amide bonds. The van der Waals surface area contributed by atoms with Gasteiger partial charge in [0, 0.05) is 17.8 Å². The minimum atomic E-state index is 0.235. The van der Waals surface area contributed by atoms with Gasteiger partial charge in [0.05, 0.1) is 5.69 Å². The zero-order chi connectivity index (χ0) is 13.5. The van der Waals surface area contributed by atoms with E-state index in [4.69, 9.17) is 0 Å². The summed E-state index contributed by atoms with van der Waals surface area (Å²) in [6, 6.07) is 0. The Morgan fingerprint density at radius 1 is 1.58 bits per heavy atom.